The first kappa shape index (κ1) is 26.1. The monoisotopic (exact) mass is 422 g/mol. The molecule has 0 saturated carbocycles. The Labute approximate surface area is 189 Å². The van der Waals surface area contributed by atoms with Gasteiger partial charge < -0.3 is 9.64 Å². The van der Waals surface area contributed by atoms with E-state index in [-0.39, 0.29) is 5.60 Å². The molecule has 2 heterocycles. The van der Waals surface area contributed by atoms with Crippen LogP contribution in [0.1, 0.15) is 117 Å². The fourth-order valence-corrected chi connectivity index (χ4v) is 5.64. The Kier molecular flexibility index (Phi) is 13.6. The van der Waals surface area contributed by atoms with Crippen molar-refractivity contribution in [3.05, 3.63) is 0 Å². The molecule has 3 nitrogen and oxygen atoms in total. The summed E-state index contributed by atoms with van der Waals surface area (Å²) in [4.78, 5) is 5.48. The number of rotatable bonds is 16. The number of unbranched alkanes of at least 4 members (excludes halogenated alkanes) is 8. The van der Waals surface area contributed by atoms with Crippen LogP contribution in [-0.2, 0) is 4.74 Å². The Hall–Kier alpha value is -0.120. The molecule has 2 saturated heterocycles. The first-order valence-corrected chi connectivity index (χ1v) is 13.8. The zero-order valence-electron chi connectivity index (χ0n) is 20.9. The molecule has 0 bridgehead atoms. The van der Waals surface area contributed by atoms with Gasteiger partial charge in [-0.15, -0.1) is 0 Å². The van der Waals surface area contributed by atoms with Crippen molar-refractivity contribution in [1.82, 2.24) is 9.80 Å². The van der Waals surface area contributed by atoms with E-state index < -0.39 is 0 Å². The molecule has 3 heteroatoms. The normalized spacial score (nSPS) is 21.3. The van der Waals surface area contributed by atoms with Crippen LogP contribution >= 0.6 is 0 Å². The van der Waals surface area contributed by atoms with Gasteiger partial charge >= 0.3 is 0 Å². The predicted molar refractivity (Wildman–Crippen MR) is 131 cm³/mol. The van der Waals surface area contributed by atoms with E-state index in [0.717, 1.165) is 19.1 Å². The fraction of sp³-hybridized carbons (Fsp3) is 1.00. The van der Waals surface area contributed by atoms with Crippen molar-refractivity contribution in [2.75, 3.05) is 45.9 Å². The van der Waals surface area contributed by atoms with Gasteiger partial charge in [-0.05, 0) is 44.6 Å². The van der Waals surface area contributed by atoms with E-state index in [1.54, 1.807) is 0 Å². The Balaban J connectivity index is 1.67. The van der Waals surface area contributed by atoms with Crippen LogP contribution in [0.2, 0.25) is 0 Å². The van der Waals surface area contributed by atoms with E-state index in [0.29, 0.717) is 0 Å². The number of nitrogens with zero attached hydrogens (tertiary/aromatic N) is 2. The molecule has 0 aromatic heterocycles. The molecule has 2 rings (SSSR count). The van der Waals surface area contributed by atoms with Gasteiger partial charge in [-0.1, -0.05) is 85.0 Å². The summed E-state index contributed by atoms with van der Waals surface area (Å²) in [6, 6.07) is 0. The lowest BCUT2D eigenvalue weighted by Gasteiger charge is -2.48. The average molecular weight is 423 g/mol. The van der Waals surface area contributed by atoms with Crippen molar-refractivity contribution in [3.8, 4) is 0 Å². The van der Waals surface area contributed by atoms with Gasteiger partial charge in [0.05, 0.1) is 12.2 Å². The van der Waals surface area contributed by atoms with Gasteiger partial charge in [0.2, 0.25) is 0 Å². The molecular weight excluding hydrogens is 368 g/mol. The smallest absolute Gasteiger partial charge is 0.0833 e. The molecule has 1 spiro atoms. The highest BCUT2D eigenvalue weighted by atomic mass is 16.5. The molecule has 0 aromatic rings. The van der Waals surface area contributed by atoms with Gasteiger partial charge in [0.15, 0.2) is 0 Å². The number of hydrogen-bond acceptors (Lipinski definition) is 3. The Morgan fingerprint density at radius 1 is 0.700 bits per heavy atom. The largest absolute Gasteiger partial charge is 0.372 e. The lowest BCUT2D eigenvalue weighted by Crippen LogP contribution is -2.57. The lowest BCUT2D eigenvalue weighted by molar-refractivity contribution is -0.136. The second-order valence-corrected chi connectivity index (χ2v) is 10.4. The quantitative estimate of drug-likeness (QED) is 0.252. The average Bonchev–Trinajstić information content (AvgIpc) is 2.76. The van der Waals surface area contributed by atoms with Crippen LogP contribution in [0, 0.1) is 5.92 Å². The summed E-state index contributed by atoms with van der Waals surface area (Å²) in [5, 5.41) is 0. The van der Waals surface area contributed by atoms with Gasteiger partial charge in [0.25, 0.3) is 0 Å². The van der Waals surface area contributed by atoms with Crippen LogP contribution in [0.4, 0.5) is 0 Å². The lowest BCUT2D eigenvalue weighted by atomic mass is 9.88. The molecule has 1 atom stereocenters. The highest BCUT2D eigenvalue weighted by molar-refractivity contribution is 4.93. The molecule has 2 fully saturated rings. The maximum Gasteiger partial charge on any atom is 0.0833 e. The summed E-state index contributed by atoms with van der Waals surface area (Å²) >= 11 is 0. The van der Waals surface area contributed by atoms with Crippen LogP contribution < -0.4 is 0 Å². The van der Waals surface area contributed by atoms with Gasteiger partial charge in [-0.3, -0.25) is 4.90 Å². The maximum atomic E-state index is 6.42. The summed E-state index contributed by atoms with van der Waals surface area (Å²) in [5.74, 6) is 0.914. The summed E-state index contributed by atoms with van der Waals surface area (Å²) in [5.41, 5.74) is 0.165. The Bertz CT molecular complexity index is 406. The number of piperidine rings is 1. The first-order chi connectivity index (χ1) is 14.7. The van der Waals surface area contributed by atoms with Gasteiger partial charge in [-0.2, -0.15) is 0 Å². The van der Waals surface area contributed by atoms with Crippen LogP contribution in [0.25, 0.3) is 0 Å². The van der Waals surface area contributed by atoms with Crippen molar-refractivity contribution >= 4 is 0 Å². The third kappa shape index (κ3) is 10.0. The molecule has 1 unspecified atom stereocenters. The van der Waals surface area contributed by atoms with E-state index in [1.165, 1.54) is 129 Å². The minimum Gasteiger partial charge on any atom is -0.372 e. The van der Waals surface area contributed by atoms with Crippen LogP contribution in [0.5, 0.6) is 0 Å². The highest BCUT2D eigenvalue weighted by Gasteiger charge is 2.39. The Morgan fingerprint density at radius 3 is 2.07 bits per heavy atom. The second-order valence-electron chi connectivity index (χ2n) is 10.4. The third-order valence-corrected chi connectivity index (χ3v) is 7.60. The molecule has 0 radical (unpaired) electrons. The predicted octanol–water partition coefficient (Wildman–Crippen LogP) is 6.90. The molecule has 2 aliphatic rings. The van der Waals surface area contributed by atoms with Crippen molar-refractivity contribution in [1.29, 1.82) is 0 Å². The maximum absolute atomic E-state index is 6.42. The minimum absolute atomic E-state index is 0.165. The fourth-order valence-electron chi connectivity index (χ4n) is 5.64. The molecule has 0 aromatic carbocycles. The first-order valence-electron chi connectivity index (χ1n) is 13.8. The molecule has 0 aliphatic carbocycles. The van der Waals surface area contributed by atoms with E-state index in [4.69, 9.17) is 4.74 Å². The number of morpholine rings is 1. The van der Waals surface area contributed by atoms with E-state index in [1.807, 2.05) is 0 Å². The third-order valence-electron chi connectivity index (χ3n) is 7.60. The number of ether oxygens (including phenoxy) is 1. The van der Waals surface area contributed by atoms with Crippen molar-refractivity contribution in [2.24, 2.45) is 5.92 Å². The van der Waals surface area contributed by atoms with E-state index in [9.17, 15) is 0 Å². The van der Waals surface area contributed by atoms with Crippen molar-refractivity contribution in [2.45, 2.75) is 123 Å². The molecule has 0 amide bonds. The number of likely N-dealkylation sites (tertiary alicyclic amines) is 1. The summed E-state index contributed by atoms with van der Waals surface area (Å²) < 4.78 is 6.42. The summed E-state index contributed by atoms with van der Waals surface area (Å²) in [6.45, 7) is 15.4. The van der Waals surface area contributed by atoms with Crippen LogP contribution in [0.3, 0.4) is 0 Å². The topological polar surface area (TPSA) is 15.7 Å². The molecule has 30 heavy (non-hydrogen) atoms. The molecular formula is C27H54N2O. The van der Waals surface area contributed by atoms with Crippen molar-refractivity contribution < 1.29 is 4.74 Å². The van der Waals surface area contributed by atoms with Crippen LogP contribution in [-0.4, -0.2) is 61.3 Å². The highest BCUT2D eigenvalue weighted by Crippen LogP contribution is 2.31. The van der Waals surface area contributed by atoms with Crippen LogP contribution in [0.15, 0.2) is 0 Å². The molecule has 2 aliphatic heterocycles. The molecule has 178 valence electrons. The van der Waals surface area contributed by atoms with Gasteiger partial charge in [0.1, 0.15) is 0 Å². The zero-order chi connectivity index (χ0) is 21.5. The van der Waals surface area contributed by atoms with Gasteiger partial charge in [0, 0.05) is 32.7 Å². The Morgan fingerprint density at radius 2 is 1.37 bits per heavy atom. The minimum atomic E-state index is 0.165. The standard InChI is InChI=1S/C27H54N2O/c1-4-7-9-11-12-14-19-29-22-23-30-27(25-29)17-20-28(21-18-27)24-26(15-6-3)16-13-10-8-5-2/h26H,4-25H2,1-3H3. The SMILES string of the molecule is CCCCCCCCN1CCOC2(CCN(CC(CCC)CCCCCC)CC2)C1. The van der Waals surface area contributed by atoms with Gasteiger partial charge in [-0.25, -0.2) is 0 Å². The summed E-state index contributed by atoms with van der Waals surface area (Å²) in [7, 11) is 0. The molecule has 0 N–H and O–H groups in total. The number of hydrogen-bond donors (Lipinski definition) is 0. The van der Waals surface area contributed by atoms with E-state index >= 15 is 0 Å². The zero-order valence-corrected chi connectivity index (χ0v) is 20.9. The van der Waals surface area contributed by atoms with E-state index in [2.05, 4.69) is 30.6 Å². The summed E-state index contributed by atoms with van der Waals surface area (Å²) in [6.07, 6.45) is 20.7. The second kappa shape index (κ2) is 15.6. The van der Waals surface area contributed by atoms with Crippen molar-refractivity contribution in [3.63, 3.8) is 0 Å².